The normalized spacial score (nSPS) is 25.4. The summed E-state index contributed by atoms with van der Waals surface area (Å²) in [5, 5.41) is 0. The molecule has 0 radical (unpaired) electrons. The SMILES string of the molecule is Cc1ccc2c(c1)C1(C)CCCCC1(C)N2c1cc2c3c(c1)N(c1cc4c(cc1-c1ccccc1)C(C)(C)CCC4(C)C)c1cc4c(cc1B3c1cc3c(cc1N2c1ccc2c(c1)C(C)(C)CCC2(C)C)C(C)(C)CCC3(C)C)C(C)(C)CCC4(C)C. The van der Waals surface area contributed by atoms with Crippen LogP contribution in [0.5, 0.6) is 0 Å². The molecule has 1 saturated carbocycles. The molecule has 2 unspecified atom stereocenters. The van der Waals surface area contributed by atoms with Crippen molar-refractivity contribution in [1.82, 2.24) is 0 Å². The standard InChI is InChI=1S/C83H100BN3/c1-51-27-30-67-64(41-51)82(18)31-23-24-32-83(82,19)87(67)54-43-71-73-72(44-54)86(68-48-61-58(76(6,7)35-38-79(61,12)13)45-55(68)52-25-21-20-22-26-52)70-50-63-60(78(10,11)37-40-81(63,16)17)47-66(70)84(73)65-46-59-62(80(14,15)39-36-77(59,8)9)49-69(65)85(71)53-28-29-56-57(42-53)75(4,5)34-33-74(56,2)3/h20-22,25-30,41-50H,23-24,31-40H2,1-19H3. The van der Waals surface area contributed by atoms with Gasteiger partial charge in [-0.15, -0.1) is 0 Å². The molecule has 4 heteroatoms. The lowest BCUT2D eigenvalue weighted by Crippen LogP contribution is -2.62. The number of aryl methyl sites for hydroxylation is 1. The Morgan fingerprint density at radius 1 is 0.322 bits per heavy atom. The minimum atomic E-state index is -0.155. The van der Waals surface area contributed by atoms with Crippen LogP contribution in [0.25, 0.3) is 11.1 Å². The molecule has 1 fully saturated rings. The van der Waals surface area contributed by atoms with Crippen LogP contribution < -0.4 is 31.1 Å². The molecule has 5 aliphatic carbocycles. The highest BCUT2D eigenvalue weighted by molar-refractivity contribution is 7.00. The molecular weight excluding hydrogens is 1050 g/mol. The van der Waals surface area contributed by atoms with Gasteiger partial charge in [0.2, 0.25) is 0 Å². The van der Waals surface area contributed by atoms with Gasteiger partial charge in [-0.25, -0.2) is 0 Å². The van der Waals surface area contributed by atoms with Crippen LogP contribution in [-0.4, -0.2) is 12.3 Å². The highest BCUT2D eigenvalue weighted by Crippen LogP contribution is 2.63. The summed E-state index contributed by atoms with van der Waals surface area (Å²) >= 11 is 0. The Labute approximate surface area is 525 Å². The Bertz CT molecular complexity index is 4080. The molecular formula is C83H100BN3. The second-order valence-corrected chi connectivity index (χ2v) is 35.2. The monoisotopic (exact) mass is 1150 g/mol. The van der Waals surface area contributed by atoms with Crippen LogP contribution in [0.1, 0.15) is 257 Å². The van der Waals surface area contributed by atoms with Gasteiger partial charge in [-0.1, -0.05) is 197 Å². The quantitative estimate of drug-likeness (QED) is 0.163. The zero-order valence-corrected chi connectivity index (χ0v) is 56.9. The summed E-state index contributed by atoms with van der Waals surface area (Å²) in [7, 11) is 0. The third-order valence-corrected chi connectivity index (χ3v) is 25.9. The van der Waals surface area contributed by atoms with Gasteiger partial charge in [-0.05, 0) is 248 Å². The number of nitrogens with zero attached hydrogens (tertiary/aromatic N) is 3. The maximum absolute atomic E-state index is 2.90. The Balaban J connectivity index is 1.15. The highest BCUT2D eigenvalue weighted by atomic mass is 15.3. The maximum Gasteiger partial charge on any atom is 0.252 e. The molecule has 0 saturated heterocycles. The van der Waals surface area contributed by atoms with Crippen LogP contribution >= 0.6 is 0 Å². The van der Waals surface area contributed by atoms with E-state index in [9.17, 15) is 0 Å². The van der Waals surface area contributed by atoms with E-state index in [1.54, 1.807) is 0 Å². The van der Waals surface area contributed by atoms with Crippen molar-refractivity contribution in [2.24, 2.45) is 0 Å². The highest BCUT2D eigenvalue weighted by Gasteiger charge is 2.59. The van der Waals surface area contributed by atoms with Gasteiger partial charge >= 0.3 is 0 Å². The van der Waals surface area contributed by atoms with E-state index in [1.165, 1.54) is 186 Å². The molecule has 3 aliphatic heterocycles. The third kappa shape index (κ3) is 8.04. The molecule has 0 N–H and O–H groups in total. The van der Waals surface area contributed by atoms with Gasteiger partial charge in [0.25, 0.3) is 6.71 Å². The summed E-state index contributed by atoms with van der Waals surface area (Å²) in [6.07, 6.45) is 14.2. The summed E-state index contributed by atoms with van der Waals surface area (Å²) < 4.78 is 0. The van der Waals surface area contributed by atoms with E-state index in [4.69, 9.17) is 0 Å². The van der Waals surface area contributed by atoms with Gasteiger partial charge in [0.15, 0.2) is 0 Å². The van der Waals surface area contributed by atoms with Crippen molar-refractivity contribution in [2.75, 3.05) is 14.7 Å². The molecule has 450 valence electrons. The van der Waals surface area contributed by atoms with E-state index in [1.807, 2.05) is 0 Å². The third-order valence-electron chi connectivity index (χ3n) is 25.9. The summed E-state index contributed by atoms with van der Waals surface area (Å²) in [5.74, 6) is 0. The topological polar surface area (TPSA) is 9.72 Å². The largest absolute Gasteiger partial charge is 0.334 e. The fourth-order valence-electron chi connectivity index (χ4n) is 19.4. The van der Waals surface area contributed by atoms with E-state index in [2.05, 4.69) is 262 Å². The molecule has 3 nitrogen and oxygen atoms in total. The van der Waals surface area contributed by atoms with Gasteiger partial charge in [0.05, 0.1) is 11.2 Å². The average molecular weight is 1150 g/mol. The average Bonchev–Trinajstić information content (AvgIpc) is 1.67. The number of benzene rings is 7. The van der Waals surface area contributed by atoms with Gasteiger partial charge in [0, 0.05) is 50.8 Å². The van der Waals surface area contributed by atoms with Crippen LogP contribution in [0.15, 0.2) is 115 Å². The summed E-state index contributed by atoms with van der Waals surface area (Å²) in [6.45, 7) is 48.0. The molecule has 0 amide bonds. The van der Waals surface area contributed by atoms with Crippen molar-refractivity contribution >= 4 is 68.6 Å². The second kappa shape index (κ2) is 18.1. The first-order chi connectivity index (χ1) is 40.7. The Morgan fingerprint density at radius 3 is 1.29 bits per heavy atom. The zero-order valence-electron chi connectivity index (χ0n) is 56.9. The van der Waals surface area contributed by atoms with Crippen molar-refractivity contribution in [3.05, 3.63) is 171 Å². The molecule has 0 spiro atoms. The van der Waals surface area contributed by atoms with Crippen molar-refractivity contribution < 1.29 is 0 Å². The van der Waals surface area contributed by atoms with Crippen LogP contribution in [0.2, 0.25) is 0 Å². The summed E-state index contributed by atoms with van der Waals surface area (Å²) in [5.41, 5.74) is 32.6. The lowest BCUT2D eigenvalue weighted by molar-refractivity contribution is 0.195. The van der Waals surface area contributed by atoms with Gasteiger partial charge in [-0.2, -0.15) is 0 Å². The van der Waals surface area contributed by atoms with Gasteiger partial charge in [-0.3, -0.25) is 0 Å². The smallest absolute Gasteiger partial charge is 0.252 e. The summed E-state index contributed by atoms with van der Waals surface area (Å²) in [4.78, 5) is 8.62. The van der Waals surface area contributed by atoms with E-state index in [-0.39, 0.29) is 61.0 Å². The van der Waals surface area contributed by atoms with Crippen molar-refractivity contribution in [2.45, 2.75) is 263 Å². The number of hydrogen-bond donors (Lipinski definition) is 0. The molecule has 0 bridgehead atoms. The van der Waals surface area contributed by atoms with Crippen LogP contribution in [0, 0.1) is 6.92 Å². The molecule has 3 heterocycles. The zero-order chi connectivity index (χ0) is 61.5. The van der Waals surface area contributed by atoms with Crippen molar-refractivity contribution in [1.29, 1.82) is 0 Å². The molecule has 8 aliphatic rings. The van der Waals surface area contributed by atoms with Gasteiger partial charge in [0.1, 0.15) is 0 Å². The Hall–Kier alpha value is -6.00. The number of fused-ring (bicyclic) bond motifs is 11. The van der Waals surface area contributed by atoms with Crippen molar-refractivity contribution in [3.63, 3.8) is 0 Å². The van der Waals surface area contributed by atoms with Crippen LogP contribution in [-0.2, 0) is 48.7 Å². The molecule has 87 heavy (non-hydrogen) atoms. The molecule has 2 atom stereocenters. The first kappa shape index (κ1) is 57.4. The van der Waals surface area contributed by atoms with Crippen molar-refractivity contribution in [3.8, 4) is 11.1 Å². The predicted octanol–water partition coefficient (Wildman–Crippen LogP) is 20.9. The number of hydrogen-bond acceptors (Lipinski definition) is 3. The minimum absolute atomic E-state index is 0.00695. The van der Waals surface area contributed by atoms with Gasteiger partial charge < -0.3 is 14.7 Å². The maximum atomic E-state index is 2.90. The molecule has 7 aromatic carbocycles. The number of rotatable bonds is 4. The van der Waals surface area contributed by atoms with E-state index >= 15 is 0 Å². The first-order valence-corrected chi connectivity index (χ1v) is 34.2. The second-order valence-electron chi connectivity index (χ2n) is 35.2. The number of anilines is 8. The fourth-order valence-corrected chi connectivity index (χ4v) is 19.4. The lowest BCUT2D eigenvalue weighted by atomic mass is 9.32. The summed E-state index contributed by atoms with van der Waals surface area (Å²) in [6, 6.07) is 48.8. The van der Waals surface area contributed by atoms with E-state index in [0.29, 0.717) is 0 Å². The Morgan fingerprint density at radius 2 is 0.759 bits per heavy atom. The molecule has 0 aromatic heterocycles. The van der Waals surface area contributed by atoms with Crippen LogP contribution in [0.3, 0.4) is 0 Å². The van der Waals surface area contributed by atoms with Crippen LogP contribution in [0.4, 0.5) is 45.5 Å². The molecule has 15 rings (SSSR count). The minimum Gasteiger partial charge on any atom is -0.334 e. The van der Waals surface area contributed by atoms with E-state index < -0.39 is 0 Å². The lowest BCUT2D eigenvalue weighted by Gasteiger charge is -2.52. The molecule has 7 aromatic rings. The Kier molecular flexibility index (Phi) is 12.0. The first-order valence-electron chi connectivity index (χ1n) is 34.2. The van der Waals surface area contributed by atoms with E-state index in [0.717, 1.165) is 19.3 Å². The predicted molar refractivity (Wildman–Crippen MR) is 375 cm³/mol. The fraction of sp³-hybridized carbons (Fsp3) is 0.494.